The van der Waals surface area contributed by atoms with Crippen molar-refractivity contribution >= 4 is 5.91 Å². The minimum absolute atomic E-state index is 0.144. The van der Waals surface area contributed by atoms with Crippen LogP contribution in [0.3, 0.4) is 0 Å². The van der Waals surface area contributed by atoms with E-state index in [9.17, 15) is 9.90 Å². The summed E-state index contributed by atoms with van der Waals surface area (Å²) < 4.78 is 5.50. The summed E-state index contributed by atoms with van der Waals surface area (Å²) in [4.78, 5) is 11.5. The fourth-order valence-corrected chi connectivity index (χ4v) is 1.42. The number of carbonyl (C=O) groups is 1. The molecule has 0 spiro atoms. The molecule has 1 unspecified atom stereocenters. The summed E-state index contributed by atoms with van der Waals surface area (Å²) in [6, 6.07) is 7.11. The first-order valence-electron chi connectivity index (χ1n) is 5.77. The molecule has 0 saturated carbocycles. The first-order valence-corrected chi connectivity index (χ1v) is 5.77. The van der Waals surface area contributed by atoms with Crippen molar-refractivity contribution in [1.82, 2.24) is 5.32 Å². The lowest BCUT2D eigenvalue weighted by Crippen LogP contribution is -2.36. The van der Waals surface area contributed by atoms with Crippen LogP contribution in [0.1, 0.15) is 32.4 Å². The standard InChI is InChI=1S/C13H19NO3/c1-4-14-13(16)10(3)17-12-7-5-6-11(8-12)9(2)15/h5-10,15H,4H2,1-3H3,(H,14,16)/t9-,10?/m0/s1. The monoisotopic (exact) mass is 237 g/mol. The molecule has 0 aliphatic heterocycles. The van der Waals surface area contributed by atoms with E-state index in [0.29, 0.717) is 12.3 Å². The van der Waals surface area contributed by atoms with Crippen molar-refractivity contribution in [3.63, 3.8) is 0 Å². The number of aliphatic hydroxyl groups excluding tert-OH is 1. The van der Waals surface area contributed by atoms with Gasteiger partial charge in [0.05, 0.1) is 6.10 Å². The summed E-state index contributed by atoms with van der Waals surface area (Å²) in [6.45, 7) is 5.82. The van der Waals surface area contributed by atoms with Gasteiger partial charge in [0, 0.05) is 6.54 Å². The van der Waals surface area contributed by atoms with Gasteiger partial charge >= 0.3 is 0 Å². The molecule has 17 heavy (non-hydrogen) atoms. The van der Waals surface area contributed by atoms with Crippen LogP contribution >= 0.6 is 0 Å². The summed E-state index contributed by atoms with van der Waals surface area (Å²) in [6.07, 6.45) is -1.09. The maximum Gasteiger partial charge on any atom is 0.260 e. The first-order chi connectivity index (χ1) is 8.04. The molecule has 0 aromatic heterocycles. The number of rotatable bonds is 5. The average molecular weight is 237 g/mol. The van der Waals surface area contributed by atoms with Crippen LogP contribution in [0.5, 0.6) is 5.75 Å². The molecule has 0 aliphatic rings. The van der Waals surface area contributed by atoms with Crippen LogP contribution in [0.25, 0.3) is 0 Å². The van der Waals surface area contributed by atoms with Gasteiger partial charge in [0.15, 0.2) is 6.10 Å². The van der Waals surface area contributed by atoms with Crippen LogP contribution in [-0.4, -0.2) is 23.7 Å². The van der Waals surface area contributed by atoms with Crippen molar-refractivity contribution in [2.24, 2.45) is 0 Å². The molecule has 0 aliphatic carbocycles. The fraction of sp³-hybridized carbons (Fsp3) is 0.462. The molecular weight excluding hydrogens is 218 g/mol. The Morgan fingerprint density at radius 1 is 1.47 bits per heavy atom. The summed E-state index contributed by atoms with van der Waals surface area (Å²) in [5.74, 6) is 0.442. The number of likely N-dealkylation sites (N-methyl/N-ethyl adjacent to an activating group) is 1. The summed E-state index contributed by atoms with van der Waals surface area (Å²) in [5.41, 5.74) is 0.769. The molecule has 2 N–H and O–H groups in total. The van der Waals surface area contributed by atoms with Crippen molar-refractivity contribution in [3.05, 3.63) is 29.8 Å². The third-order valence-corrected chi connectivity index (χ3v) is 2.37. The van der Waals surface area contributed by atoms with Crippen LogP contribution in [0.2, 0.25) is 0 Å². The molecular formula is C13H19NO3. The van der Waals surface area contributed by atoms with Crippen LogP contribution in [0, 0.1) is 0 Å². The smallest absolute Gasteiger partial charge is 0.260 e. The molecule has 2 atom stereocenters. The van der Waals surface area contributed by atoms with Gasteiger partial charge in [-0.1, -0.05) is 12.1 Å². The zero-order valence-electron chi connectivity index (χ0n) is 10.4. The zero-order valence-corrected chi connectivity index (χ0v) is 10.4. The van der Waals surface area contributed by atoms with Gasteiger partial charge in [-0.3, -0.25) is 4.79 Å². The minimum Gasteiger partial charge on any atom is -0.481 e. The topological polar surface area (TPSA) is 58.6 Å². The number of nitrogens with one attached hydrogen (secondary N) is 1. The number of ether oxygens (including phenoxy) is 1. The molecule has 0 heterocycles. The van der Waals surface area contributed by atoms with Gasteiger partial charge < -0.3 is 15.2 Å². The van der Waals surface area contributed by atoms with E-state index in [1.165, 1.54) is 0 Å². The molecule has 0 bridgehead atoms. The Morgan fingerprint density at radius 3 is 2.76 bits per heavy atom. The number of carbonyl (C=O) groups excluding carboxylic acids is 1. The minimum atomic E-state index is -0.543. The predicted octanol–water partition coefficient (Wildman–Crippen LogP) is 1.64. The molecule has 4 nitrogen and oxygen atoms in total. The highest BCUT2D eigenvalue weighted by molar-refractivity contribution is 5.80. The molecule has 1 aromatic rings. The van der Waals surface area contributed by atoms with Gasteiger partial charge in [-0.25, -0.2) is 0 Å². The highest BCUT2D eigenvalue weighted by Crippen LogP contribution is 2.19. The molecule has 1 amide bonds. The lowest BCUT2D eigenvalue weighted by atomic mass is 10.1. The molecule has 94 valence electrons. The van der Waals surface area contributed by atoms with Gasteiger partial charge in [0.2, 0.25) is 0 Å². The Kier molecular flexibility index (Phi) is 4.97. The van der Waals surface area contributed by atoms with Crippen LogP contribution < -0.4 is 10.1 Å². The van der Waals surface area contributed by atoms with Gasteiger partial charge in [-0.05, 0) is 38.5 Å². The Bertz CT molecular complexity index is 377. The van der Waals surface area contributed by atoms with Gasteiger partial charge in [0.25, 0.3) is 5.91 Å². The quantitative estimate of drug-likeness (QED) is 0.818. The Labute approximate surface area is 102 Å². The summed E-state index contributed by atoms with van der Waals surface area (Å²) >= 11 is 0. The van der Waals surface area contributed by atoms with Crippen molar-refractivity contribution in [2.45, 2.75) is 33.0 Å². The second-order valence-corrected chi connectivity index (χ2v) is 3.90. The molecule has 0 radical (unpaired) electrons. The predicted molar refractivity (Wildman–Crippen MR) is 65.8 cm³/mol. The van der Waals surface area contributed by atoms with E-state index >= 15 is 0 Å². The van der Waals surface area contributed by atoms with E-state index < -0.39 is 12.2 Å². The van der Waals surface area contributed by atoms with Crippen molar-refractivity contribution < 1.29 is 14.6 Å². The van der Waals surface area contributed by atoms with E-state index in [1.54, 1.807) is 32.0 Å². The summed E-state index contributed by atoms with van der Waals surface area (Å²) in [5, 5.41) is 12.1. The number of hydrogen-bond donors (Lipinski definition) is 2. The highest BCUT2D eigenvalue weighted by Gasteiger charge is 2.13. The van der Waals surface area contributed by atoms with E-state index in [4.69, 9.17) is 4.74 Å². The van der Waals surface area contributed by atoms with E-state index in [-0.39, 0.29) is 5.91 Å². The number of amides is 1. The Morgan fingerprint density at radius 2 is 2.18 bits per heavy atom. The van der Waals surface area contributed by atoms with Crippen LogP contribution in [0.4, 0.5) is 0 Å². The Hall–Kier alpha value is -1.55. The van der Waals surface area contributed by atoms with Gasteiger partial charge in [0.1, 0.15) is 5.75 Å². The largest absolute Gasteiger partial charge is 0.481 e. The highest BCUT2D eigenvalue weighted by atomic mass is 16.5. The molecule has 0 fully saturated rings. The first kappa shape index (κ1) is 13.5. The van der Waals surface area contributed by atoms with E-state index in [1.807, 2.05) is 13.0 Å². The Balaban J connectivity index is 2.68. The van der Waals surface area contributed by atoms with Crippen molar-refractivity contribution in [3.8, 4) is 5.75 Å². The van der Waals surface area contributed by atoms with Crippen LogP contribution in [0.15, 0.2) is 24.3 Å². The lowest BCUT2D eigenvalue weighted by Gasteiger charge is -2.15. The second kappa shape index (κ2) is 6.25. The lowest BCUT2D eigenvalue weighted by molar-refractivity contribution is -0.127. The van der Waals surface area contributed by atoms with E-state index in [0.717, 1.165) is 5.56 Å². The SMILES string of the molecule is CCNC(=O)C(C)Oc1cccc([C@H](C)O)c1. The number of aliphatic hydroxyl groups is 1. The number of benzene rings is 1. The third-order valence-electron chi connectivity index (χ3n) is 2.37. The van der Waals surface area contributed by atoms with Gasteiger partial charge in [-0.15, -0.1) is 0 Å². The van der Waals surface area contributed by atoms with Crippen molar-refractivity contribution in [2.75, 3.05) is 6.54 Å². The fourth-order valence-electron chi connectivity index (χ4n) is 1.42. The second-order valence-electron chi connectivity index (χ2n) is 3.90. The maximum atomic E-state index is 11.5. The van der Waals surface area contributed by atoms with E-state index in [2.05, 4.69) is 5.32 Å². The summed E-state index contributed by atoms with van der Waals surface area (Å²) in [7, 11) is 0. The van der Waals surface area contributed by atoms with Gasteiger partial charge in [-0.2, -0.15) is 0 Å². The molecule has 0 saturated heterocycles. The average Bonchev–Trinajstić information content (AvgIpc) is 2.29. The third kappa shape index (κ3) is 4.07. The number of hydrogen-bond acceptors (Lipinski definition) is 3. The molecule has 1 rings (SSSR count). The normalized spacial score (nSPS) is 13.9. The maximum absolute atomic E-state index is 11.5. The van der Waals surface area contributed by atoms with Crippen LogP contribution in [-0.2, 0) is 4.79 Å². The zero-order chi connectivity index (χ0) is 12.8. The molecule has 1 aromatic carbocycles. The van der Waals surface area contributed by atoms with Crippen molar-refractivity contribution in [1.29, 1.82) is 0 Å². The molecule has 4 heteroatoms.